The molecule has 160 valence electrons. The van der Waals surface area contributed by atoms with E-state index in [1.807, 2.05) is 26.1 Å². The van der Waals surface area contributed by atoms with Gasteiger partial charge in [-0.05, 0) is 25.5 Å². The Labute approximate surface area is 183 Å². The number of fused-ring (bicyclic) bond motifs is 1. The molecule has 1 aliphatic rings. The number of nitrogens with one attached hydrogen (secondary N) is 1. The maximum atomic E-state index is 12.6. The van der Waals surface area contributed by atoms with Crippen molar-refractivity contribution in [2.24, 2.45) is 7.05 Å². The van der Waals surface area contributed by atoms with Crippen molar-refractivity contribution < 1.29 is 0 Å². The molecule has 10 heteroatoms. The molecule has 0 radical (unpaired) electrons. The largest absolute Gasteiger partial charge is 0.353 e. The Morgan fingerprint density at radius 1 is 1.16 bits per heavy atom. The highest BCUT2D eigenvalue weighted by Gasteiger charge is 2.22. The molecule has 0 saturated carbocycles. The highest BCUT2D eigenvalue weighted by atomic mass is 32.1. The number of hydrogen-bond acceptors (Lipinski definition) is 8. The van der Waals surface area contributed by atoms with E-state index in [0.29, 0.717) is 5.56 Å². The fourth-order valence-corrected chi connectivity index (χ4v) is 4.96. The second-order valence-corrected chi connectivity index (χ2v) is 8.72. The van der Waals surface area contributed by atoms with E-state index in [4.69, 9.17) is 4.98 Å². The summed E-state index contributed by atoms with van der Waals surface area (Å²) >= 11 is 1.53. The summed E-state index contributed by atoms with van der Waals surface area (Å²) in [4.78, 5) is 34.1. The van der Waals surface area contributed by atoms with Crippen LogP contribution < -0.4 is 10.5 Å². The number of H-pyrrole nitrogens is 1. The van der Waals surface area contributed by atoms with Crippen molar-refractivity contribution in [3.63, 3.8) is 0 Å². The quantitative estimate of drug-likeness (QED) is 0.523. The molecular formula is C21H24N8OS. The lowest BCUT2D eigenvalue weighted by Gasteiger charge is -2.35. The monoisotopic (exact) mass is 436 g/mol. The van der Waals surface area contributed by atoms with E-state index < -0.39 is 0 Å². The van der Waals surface area contributed by atoms with E-state index in [-0.39, 0.29) is 5.56 Å². The van der Waals surface area contributed by atoms with Gasteiger partial charge in [0, 0.05) is 51.3 Å². The zero-order valence-electron chi connectivity index (χ0n) is 17.8. The molecule has 0 amide bonds. The molecule has 0 unspecified atom stereocenters. The number of thiazole rings is 1. The van der Waals surface area contributed by atoms with E-state index >= 15 is 0 Å². The molecule has 0 bridgehead atoms. The minimum absolute atomic E-state index is 0.0986. The van der Waals surface area contributed by atoms with Crippen LogP contribution >= 0.6 is 11.3 Å². The van der Waals surface area contributed by atoms with Crippen molar-refractivity contribution >= 4 is 28.2 Å². The Morgan fingerprint density at radius 3 is 2.77 bits per heavy atom. The fourth-order valence-electron chi connectivity index (χ4n) is 4.05. The second-order valence-electron chi connectivity index (χ2n) is 7.86. The van der Waals surface area contributed by atoms with Crippen molar-refractivity contribution in [3.05, 3.63) is 51.3 Å². The van der Waals surface area contributed by atoms with Crippen molar-refractivity contribution in [2.45, 2.75) is 20.4 Å². The number of anilines is 1. The molecule has 4 aromatic rings. The summed E-state index contributed by atoms with van der Waals surface area (Å²) in [7, 11) is 1.69. The van der Waals surface area contributed by atoms with Crippen LogP contribution in [0.15, 0.2) is 28.8 Å². The number of aromatic amines is 1. The van der Waals surface area contributed by atoms with Gasteiger partial charge in [0.25, 0.3) is 5.56 Å². The summed E-state index contributed by atoms with van der Waals surface area (Å²) < 4.78 is 1.40. The topological polar surface area (TPSA) is 95.8 Å². The van der Waals surface area contributed by atoms with Crippen molar-refractivity contribution in [1.82, 2.24) is 34.6 Å². The van der Waals surface area contributed by atoms with Gasteiger partial charge in [-0.2, -0.15) is 5.10 Å². The van der Waals surface area contributed by atoms with Gasteiger partial charge in [0.2, 0.25) is 0 Å². The van der Waals surface area contributed by atoms with E-state index in [2.05, 4.69) is 35.2 Å². The summed E-state index contributed by atoms with van der Waals surface area (Å²) in [5.41, 5.74) is 4.19. The highest BCUT2D eigenvalue weighted by molar-refractivity contribution is 7.13. The molecule has 1 fully saturated rings. The van der Waals surface area contributed by atoms with Gasteiger partial charge in [-0.15, -0.1) is 11.3 Å². The lowest BCUT2D eigenvalue weighted by atomic mass is 10.1. The van der Waals surface area contributed by atoms with Crippen LogP contribution in [0.5, 0.6) is 0 Å². The van der Waals surface area contributed by atoms with Crippen LogP contribution in [-0.4, -0.2) is 60.8 Å². The molecule has 0 aliphatic carbocycles. The average Bonchev–Trinajstić information content (AvgIpc) is 3.43. The van der Waals surface area contributed by atoms with Gasteiger partial charge in [-0.25, -0.2) is 19.6 Å². The summed E-state index contributed by atoms with van der Waals surface area (Å²) in [6, 6.07) is 2.03. The van der Waals surface area contributed by atoms with Crippen LogP contribution in [0.3, 0.4) is 0 Å². The summed E-state index contributed by atoms with van der Waals surface area (Å²) in [6.45, 7) is 8.29. The molecular weight excluding hydrogens is 412 g/mol. The average molecular weight is 437 g/mol. The van der Waals surface area contributed by atoms with Gasteiger partial charge < -0.3 is 9.88 Å². The van der Waals surface area contributed by atoms with E-state index in [0.717, 1.165) is 71.5 Å². The zero-order chi connectivity index (χ0) is 21.5. The van der Waals surface area contributed by atoms with Crippen LogP contribution in [0, 0.1) is 13.8 Å². The minimum Gasteiger partial charge on any atom is -0.353 e. The van der Waals surface area contributed by atoms with Crippen molar-refractivity contribution in [2.75, 3.05) is 31.1 Å². The molecule has 0 aromatic carbocycles. The molecule has 1 aliphatic heterocycles. The number of nitrogens with zero attached hydrogens (tertiary/aromatic N) is 7. The van der Waals surface area contributed by atoms with Gasteiger partial charge in [-0.3, -0.25) is 9.69 Å². The number of hydrogen-bond donors (Lipinski definition) is 1. The smallest absolute Gasteiger partial charge is 0.277 e. The Balaban J connectivity index is 1.29. The normalized spacial score (nSPS) is 15.1. The minimum atomic E-state index is -0.0986. The van der Waals surface area contributed by atoms with E-state index in [1.54, 1.807) is 13.4 Å². The maximum Gasteiger partial charge on any atom is 0.277 e. The Kier molecular flexibility index (Phi) is 5.03. The fraction of sp³-hybridized carbons (Fsp3) is 0.381. The molecule has 5 heterocycles. The molecule has 9 nitrogen and oxygen atoms in total. The first kappa shape index (κ1) is 19.8. The van der Waals surface area contributed by atoms with Gasteiger partial charge >= 0.3 is 0 Å². The standard InChI is InChI=1S/C21H24N8OS/c1-13-14(2)26-27(3)21(30)17(13)20-25-15(11-31-20)10-28-6-8-29(9-7-28)19-16-4-5-22-18(16)23-12-24-19/h4-5,11-12H,6-10H2,1-3H3,(H,22,23,24). The molecule has 31 heavy (non-hydrogen) atoms. The Morgan fingerprint density at radius 2 is 1.97 bits per heavy atom. The predicted molar refractivity (Wildman–Crippen MR) is 121 cm³/mol. The maximum absolute atomic E-state index is 12.6. The van der Waals surface area contributed by atoms with Gasteiger partial charge in [-0.1, -0.05) is 0 Å². The van der Waals surface area contributed by atoms with Gasteiger partial charge in [0.05, 0.1) is 22.3 Å². The Bertz CT molecular complexity index is 1300. The molecule has 0 atom stereocenters. The third-order valence-corrected chi connectivity index (χ3v) is 6.79. The summed E-state index contributed by atoms with van der Waals surface area (Å²) in [5.74, 6) is 0.987. The number of piperazine rings is 1. The van der Waals surface area contributed by atoms with Crippen molar-refractivity contribution in [3.8, 4) is 10.6 Å². The third-order valence-electron chi connectivity index (χ3n) is 5.88. The highest BCUT2D eigenvalue weighted by Crippen LogP contribution is 2.26. The van der Waals surface area contributed by atoms with Gasteiger partial charge in [0.15, 0.2) is 0 Å². The predicted octanol–water partition coefficient (Wildman–Crippen LogP) is 2.11. The molecule has 4 aromatic heterocycles. The first-order valence-electron chi connectivity index (χ1n) is 10.3. The van der Waals surface area contributed by atoms with E-state index in [9.17, 15) is 4.79 Å². The van der Waals surface area contributed by atoms with Crippen LogP contribution in [0.4, 0.5) is 5.82 Å². The van der Waals surface area contributed by atoms with Crippen LogP contribution in [0.2, 0.25) is 0 Å². The second kappa shape index (κ2) is 7.86. The van der Waals surface area contributed by atoms with Crippen molar-refractivity contribution in [1.29, 1.82) is 0 Å². The number of aryl methyl sites for hydroxylation is 2. The SMILES string of the molecule is Cc1nn(C)c(=O)c(-c2nc(CN3CCN(c4ncnc5[nH]ccc45)CC3)cs2)c1C. The first-order chi connectivity index (χ1) is 15.0. The number of aromatic nitrogens is 6. The molecule has 1 N–H and O–H groups in total. The lowest BCUT2D eigenvalue weighted by Crippen LogP contribution is -2.46. The van der Waals surface area contributed by atoms with E-state index in [1.165, 1.54) is 16.0 Å². The lowest BCUT2D eigenvalue weighted by molar-refractivity contribution is 0.247. The van der Waals surface area contributed by atoms with Crippen LogP contribution in [0.1, 0.15) is 17.0 Å². The van der Waals surface area contributed by atoms with Gasteiger partial charge in [0.1, 0.15) is 22.8 Å². The summed E-state index contributed by atoms with van der Waals surface area (Å²) in [6.07, 6.45) is 3.52. The van der Waals surface area contributed by atoms with Crippen LogP contribution in [0.25, 0.3) is 21.6 Å². The first-order valence-corrected chi connectivity index (χ1v) is 11.1. The molecule has 5 rings (SSSR count). The van der Waals surface area contributed by atoms with Crippen LogP contribution in [-0.2, 0) is 13.6 Å². The number of rotatable bonds is 4. The Hall–Kier alpha value is -3.11. The molecule has 1 saturated heterocycles. The summed E-state index contributed by atoms with van der Waals surface area (Å²) in [5, 5.41) is 8.15. The molecule has 0 spiro atoms. The third kappa shape index (κ3) is 3.61. The zero-order valence-corrected chi connectivity index (χ0v) is 18.6.